The van der Waals surface area contributed by atoms with Crippen molar-refractivity contribution in [1.82, 2.24) is 14.8 Å². The van der Waals surface area contributed by atoms with Gasteiger partial charge in [0.15, 0.2) is 11.0 Å². The summed E-state index contributed by atoms with van der Waals surface area (Å²) in [4.78, 5) is 0. The topological polar surface area (TPSA) is 69.4 Å². The van der Waals surface area contributed by atoms with Gasteiger partial charge in [0.1, 0.15) is 24.7 Å². The van der Waals surface area contributed by atoms with E-state index in [0.29, 0.717) is 38.3 Å². The first-order valence-electron chi connectivity index (χ1n) is 8.47. The van der Waals surface area contributed by atoms with Crippen molar-refractivity contribution in [2.75, 3.05) is 12.4 Å². The van der Waals surface area contributed by atoms with Gasteiger partial charge < -0.3 is 19.1 Å². The van der Waals surface area contributed by atoms with Crippen molar-refractivity contribution in [2.45, 2.75) is 17.9 Å². The molecule has 9 heteroatoms. The minimum Gasteiger partial charge on any atom is -0.491 e. The van der Waals surface area contributed by atoms with Crippen LogP contribution in [0.15, 0.2) is 53.7 Å². The van der Waals surface area contributed by atoms with Gasteiger partial charge >= 0.3 is 0 Å². The number of benzene rings is 2. The average Bonchev–Trinajstić information content (AvgIpc) is 3.05. The van der Waals surface area contributed by atoms with Crippen LogP contribution in [0.25, 0.3) is 0 Å². The maximum atomic E-state index is 10.1. The summed E-state index contributed by atoms with van der Waals surface area (Å²) in [5, 5.41) is 20.3. The van der Waals surface area contributed by atoms with Gasteiger partial charge in [0, 0.05) is 17.8 Å². The van der Waals surface area contributed by atoms with Gasteiger partial charge in [0.25, 0.3) is 0 Å². The number of thioether (sulfide) groups is 1. The van der Waals surface area contributed by atoms with E-state index in [9.17, 15) is 5.11 Å². The third-order valence-electron chi connectivity index (χ3n) is 3.78. The van der Waals surface area contributed by atoms with Crippen LogP contribution in [0, 0.1) is 0 Å². The first kappa shape index (κ1) is 20.8. The quantitative estimate of drug-likeness (QED) is 0.503. The molecule has 0 aliphatic rings. The molecule has 0 radical (unpaired) electrons. The van der Waals surface area contributed by atoms with Crippen LogP contribution in [0.4, 0.5) is 0 Å². The molecular weight excluding hydrogens is 421 g/mol. The van der Waals surface area contributed by atoms with Crippen LogP contribution >= 0.6 is 35.0 Å². The van der Waals surface area contributed by atoms with Crippen molar-refractivity contribution in [3.05, 3.63) is 64.4 Å². The first-order chi connectivity index (χ1) is 13.5. The number of nitrogens with zero attached hydrogens (tertiary/aromatic N) is 3. The standard InChI is InChI=1S/C19H19Cl2N3O3S/c1-24-18(11-27-17-5-3-2-4-16(17)21)22-23-19(24)28-12-14(25)10-26-15-8-6-13(20)7-9-15/h2-9,14,25H,10-12H2,1H3. The van der Waals surface area contributed by atoms with Gasteiger partial charge in [-0.1, -0.05) is 47.1 Å². The third-order valence-corrected chi connectivity index (χ3v) is 5.51. The van der Waals surface area contributed by atoms with Crippen LogP contribution in [0.1, 0.15) is 5.82 Å². The van der Waals surface area contributed by atoms with Crippen molar-refractivity contribution in [3.63, 3.8) is 0 Å². The maximum absolute atomic E-state index is 10.1. The summed E-state index contributed by atoms with van der Waals surface area (Å²) in [6, 6.07) is 14.3. The molecule has 28 heavy (non-hydrogen) atoms. The lowest BCUT2D eigenvalue weighted by atomic mass is 10.3. The van der Waals surface area contributed by atoms with Gasteiger partial charge in [-0.2, -0.15) is 0 Å². The molecule has 1 N–H and O–H groups in total. The molecule has 0 aliphatic carbocycles. The fourth-order valence-electron chi connectivity index (χ4n) is 2.24. The number of aromatic nitrogens is 3. The Hall–Kier alpha value is -1.93. The summed E-state index contributed by atoms with van der Waals surface area (Å²) in [5.41, 5.74) is 0. The SMILES string of the molecule is Cn1c(COc2ccccc2Cl)nnc1SCC(O)COc1ccc(Cl)cc1. The molecule has 3 rings (SSSR count). The summed E-state index contributed by atoms with van der Waals surface area (Å²) in [6.45, 7) is 0.422. The number of aliphatic hydroxyl groups excluding tert-OH is 1. The number of halogens is 2. The van der Waals surface area contributed by atoms with Crippen LogP contribution in [0.2, 0.25) is 10.0 Å². The van der Waals surface area contributed by atoms with Crippen molar-refractivity contribution < 1.29 is 14.6 Å². The molecule has 0 fully saturated rings. The molecule has 1 heterocycles. The Morgan fingerprint density at radius 3 is 2.57 bits per heavy atom. The molecule has 0 saturated carbocycles. The van der Waals surface area contributed by atoms with Gasteiger partial charge in [-0.05, 0) is 36.4 Å². The van der Waals surface area contributed by atoms with Gasteiger partial charge in [0.05, 0.1) is 11.1 Å². The molecule has 0 aliphatic heterocycles. The zero-order valence-electron chi connectivity index (χ0n) is 15.1. The predicted octanol–water partition coefficient (Wildman–Crippen LogP) is 4.23. The molecule has 0 bridgehead atoms. The molecule has 1 atom stereocenters. The second kappa shape index (κ2) is 10.0. The van der Waals surface area contributed by atoms with E-state index in [0.717, 1.165) is 0 Å². The molecule has 1 aromatic heterocycles. The minimum absolute atomic E-state index is 0.176. The average molecular weight is 440 g/mol. The third kappa shape index (κ3) is 5.78. The van der Waals surface area contributed by atoms with Gasteiger partial charge in [-0.15, -0.1) is 10.2 Å². The van der Waals surface area contributed by atoms with Crippen molar-refractivity contribution >= 4 is 35.0 Å². The minimum atomic E-state index is -0.653. The van der Waals surface area contributed by atoms with Crippen molar-refractivity contribution in [2.24, 2.45) is 7.05 Å². The lowest BCUT2D eigenvalue weighted by molar-refractivity contribution is 0.126. The van der Waals surface area contributed by atoms with E-state index in [-0.39, 0.29) is 13.2 Å². The Labute approximate surface area is 177 Å². The second-order valence-corrected chi connectivity index (χ2v) is 7.74. The smallest absolute Gasteiger partial charge is 0.191 e. The Morgan fingerprint density at radius 2 is 1.82 bits per heavy atom. The highest BCUT2D eigenvalue weighted by Gasteiger charge is 2.13. The van der Waals surface area contributed by atoms with Crippen molar-refractivity contribution in [1.29, 1.82) is 0 Å². The highest BCUT2D eigenvalue weighted by atomic mass is 35.5. The fraction of sp³-hybridized carbons (Fsp3) is 0.263. The van der Waals surface area contributed by atoms with Crippen LogP contribution in [0.3, 0.4) is 0 Å². The highest BCUT2D eigenvalue weighted by Crippen LogP contribution is 2.24. The number of ether oxygens (including phenoxy) is 2. The molecule has 6 nitrogen and oxygen atoms in total. The van der Waals surface area contributed by atoms with Crippen LogP contribution in [-0.4, -0.2) is 38.3 Å². The molecule has 1 unspecified atom stereocenters. The molecule has 0 saturated heterocycles. The van der Waals surface area contributed by atoms with Gasteiger partial charge in [-0.3, -0.25) is 0 Å². The fourth-order valence-corrected chi connectivity index (χ4v) is 3.39. The van der Waals surface area contributed by atoms with E-state index >= 15 is 0 Å². The highest BCUT2D eigenvalue weighted by molar-refractivity contribution is 7.99. The molecule has 0 amide bonds. The summed E-state index contributed by atoms with van der Waals surface area (Å²) >= 11 is 13.3. The number of hydrogen-bond donors (Lipinski definition) is 1. The summed E-state index contributed by atoms with van der Waals surface area (Å²) in [6.07, 6.45) is -0.653. The normalized spacial score (nSPS) is 12.0. The van der Waals surface area contributed by atoms with E-state index in [1.807, 2.05) is 23.7 Å². The number of para-hydroxylation sites is 1. The second-order valence-electron chi connectivity index (χ2n) is 5.91. The molecular formula is C19H19Cl2N3O3S. The zero-order chi connectivity index (χ0) is 19.9. The van der Waals surface area contributed by atoms with E-state index in [1.165, 1.54) is 11.8 Å². The molecule has 3 aromatic rings. The summed E-state index contributed by atoms with van der Waals surface area (Å²) < 4.78 is 13.1. The van der Waals surface area contributed by atoms with E-state index in [2.05, 4.69) is 10.2 Å². The summed E-state index contributed by atoms with van der Waals surface area (Å²) in [5.74, 6) is 2.34. The van der Waals surface area contributed by atoms with Crippen molar-refractivity contribution in [3.8, 4) is 11.5 Å². The largest absolute Gasteiger partial charge is 0.491 e. The number of aliphatic hydroxyl groups is 1. The lowest BCUT2D eigenvalue weighted by Crippen LogP contribution is -2.20. The van der Waals surface area contributed by atoms with Crippen LogP contribution < -0.4 is 9.47 Å². The Bertz CT molecular complexity index is 906. The zero-order valence-corrected chi connectivity index (χ0v) is 17.4. The first-order valence-corrected chi connectivity index (χ1v) is 10.2. The monoisotopic (exact) mass is 439 g/mol. The Balaban J connectivity index is 1.47. The predicted molar refractivity (Wildman–Crippen MR) is 110 cm³/mol. The van der Waals surface area contributed by atoms with E-state index in [4.69, 9.17) is 32.7 Å². The molecule has 148 valence electrons. The van der Waals surface area contributed by atoms with E-state index < -0.39 is 6.10 Å². The van der Waals surface area contributed by atoms with E-state index in [1.54, 1.807) is 36.4 Å². The maximum Gasteiger partial charge on any atom is 0.191 e. The lowest BCUT2D eigenvalue weighted by Gasteiger charge is -2.12. The van der Waals surface area contributed by atoms with Crippen LogP contribution in [0.5, 0.6) is 11.5 Å². The van der Waals surface area contributed by atoms with Crippen LogP contribution in [-0.2, 0) is 13.7 Å². The number of rotatable bonds is 9. The molecule has 0 spiro atoms. The Kier molecular flexibility index (Phi) is 7.44. The van der Waals surface area contributed by atoms with Gasteiger partial charge in [-0.25, -0.2) is 0 Å². The molecule has 2 aromatic carbocycles. The summed E-state index contributed by atoms with van der Waals surface area (Å²) in [7, 11) is 1.85. The Morgan fingerprint density at radius 1 is 1.07 bits per heavy atom. The van der Waals surface area contributed by atoms with Gasteiger partial charge in [0.2, 0.25) is 0 Å². The number of hydrogen-bond acceptors (Lipinski definition) is 6.